The van der Waals surface area contributed by atoms with Crippen molar-refractivity contribution in [1.82, 2.24) is 10.2 Å². The van der Waals surface area contributed by atoms with Crippen LogP contribution in [0, 0.1) is 0 Å². The van der Waals surface area contributed by atoms with E-state index in [1.54, 1.807) is 0 Å². The van der Waals surface area contributed by atoms with E-state index in [-0.39, 0.29) is 26.2 Å². The number of rotatable bonds is 9. The summed E-state index contributed by atoms with van der Waals surface area (Å²) in [4.78, 5) is 22.0. The SMILES string of the molecule is O=C(O)CNCCN(CCO)CC(=O)O. The van der Waals surface area contributed by atoms with Crippen molar-refractivity contribution in [3.63, 3.8) is 0 Å². The minimum Gasteiger partial charge on any atom is -0.480 e. The van der Waals surface area contributed by atoms with Crippen molar-refractivity contribution in [3.05, 3.63) is 0 Å². The van der Waals surface area contributed by atoms with Crippen LogP contribution in [0.15, 0.2) is 0 Å². The summed E-state index contributed by atoms with van der Waals surface area (Å²) in [6, 6.07) is 0. The molecule has 15 heavy (non-hydrogen) atoms. The lowest BCUT2D eigenvalue weighted by Crippen LogP contribution is -2.38. The highest BCUT2D eigenvalue weighted by Gasteiger charge is 2.08. The molecule has 0 unspecified atom stereocenters. The molecule has 4 N–H and O–H groups in total. The van der Waals surface area contributed by atoms with Crippen LogP contribution in [0.3, 0.4) is 0 Å². The van der Waals surface area contributed by atoms with E-state index >= 15 is 0 Å². The molecular weight excluding hydrogens is 204 g/mol. The fourth-order valence-electron chi connectivity index (χ4n) is 1.04. The van der Waals surface area contributed by atoms with Gasteiger partial charge in [-0.25, -0.2) is 0 Å². The fourth-order valence-corrected chi connectivity index (χ4v) is 1.04. The maximum absolute atomic E-state index is 10.4. The Morgan fingerprint density at radius 1 is 1.13 bits per heavy atom. The second-order valence-corrected chi connectivity index (χ2v) is 2.96. The zero-order chi connectivity index (χ0) is 11.7. The predicted octanol–water partition coefficient (Wildman–Crippen LogP) is -1.96. The first-order chi connectivity index (χ1) is 7.06. The van der Waals surface area contributed by atoms with Gasteiger partial charge in [-0.1, -0.05) is 0 Å². The normalized spacial score (nSPS) is 10.5. The molecule has 0 aromatic heterocycles. The average Bonchev–Trinajstić information content (AvgIpc) is 2.11. The first-order valence-electron chi connectivity index (χ1n) is 4.53. The summed E-state index contributed by atoms with van der Waals surface area (Å²) >= 11 is 0. The topological polar surface area (TPSA) is 110 Å². The number of carbonyl (C=O) groups is 2. The number of hydrogen-bond acceptors (Lipinski definition) is 5. The van der Waals surface area contributed by atoms with Gasteiger partial charge in [-0.2, -0.15) is 0 Å². The lowest BCUT2D eigenvalue weighted by Gasteiger charge is -2.18. The van der Waals surface area contributed by atoms with Gasteiger partial charge in [-0.05, 0) is 0 Å². The summed E-state index contributed by atoms with van der Waals surface area (Å²) in [5.41, 5.74) is 0. The van der Waals surface area contributed by atoms with Gasteiger partial charge >= 0.3 is 11.9 Å². The molecule has 7 nitrogen and oxygen atoms in total. The molecule has 0 radical (unpaired) electrons. The Bertz CT molecular complexity index is 209. The second-order valence-electron chi connectivity index (χ2n) is 2.96. The molecule has 0 heterocycles. The smallest absolute Gasteiger partial charge is 0.317 e. The Labute approximate surface area is 87.3 Å². The predicted molar refractivity (Wildman–Crippen MR) is 51.7 cm³/mol. The van der Waals surface area contributed by atoms with Gasteiger partial charge in [0.05, 0.1) is 19.7 Å². The van der Waals surface area contributed by atoms with Crippen LogP contribution in [-0.2, 0) is 9.59 Å². The number of aliphatic hydroxyl groups is 1. The van der Waals surface area contributed by atoms with Gasteiger partial charge in [-0.3, -0.25) is 14.5 Å². The monoisotopic (exact) mass is 220 g/mol. The number of carboxylic acid groups (broad SMARTS) is 2. The summed E-state index contributed by atoms with van der Waals surface area (Å²) in [5, 5.41) is 28.1. The standard InChI is InChI=1S/C8H16N2O5/c11-4-3-10(6-8(14)15)2-1-9-5-7(12)13/h9,11H,1-6H2,(H,12,13)(H,14,15). The van der Waals surface area contributed by atoms with Crippen molar-refractivity contribution in [3.8, 4) is 0 Å². The molecule has 0 amide bonds. The molecule has 7 heteroatoms. The third-order valence-electron chi connectivity index (χ3n) is 1.66. The highest BCUT2D eigenvalue weighted by Crippen LogP contribution is 1.86. The Kier molecular flexibility index (Phi) is 7.51. The summed E-state index contributed by atoms with van der Waals surface area (Å²) in [6.45, 7) is 0.600. The summed E-state index contributed by atoms with van der Waals surface area (Å²) in [5.74, 6) is -1.93. The first-order valence-corrected chi connectivity index (χ1v) is 4.53. The first kappa shape index (κ1) is 13.8. The van der Waals surface area contributed by atoms with Crippen LogP contribution < -0.4 is 5.32 Å². The van der Waals surface area contributed by atoms with Crippen molar-refractivity contribution >= 4 is 11.9 Å². The molecule has 0 saturated heterocycles. The molecule has 0 aliphatic heterocycles. The van der Waals surface area contributed by atoms with Crippen LogP contribution in [0.25, 0.3) is 0 Å². The molecule has 0 bridgehead atoms. The van der Waals surface area contributed by atoms with E-state index in [0.717, 1.165) is 0 Å². The zero-order valence-corrected chi connectivity index (χ0v) is 8.35. The zero-order valence-electron chi connectivity index (χ0n) is 8.35. The molecule has 0 aliphatic rings. The van der Waals surface area contributed by atoms with E-state index in [2.05, 4.69) is 5.32 Å². The third-order valence-corrected chi connectivity index (χ3v) is 1.66. The van der Waals surface area contributed by atoms with E-state index in [0.29, 0.717) is 13.1 Å². The van der Waals surface area contributed by atoms with Crippen LogP contribution in [0.2, 0.25) is 0 Å². The van der Waals surface area contributed by atoms with Gasteiger partial charge < -0.3 is 20.6 Å². The lowest BCUT2D eigenvalue weighted by molar-refractivity contribution is -0.139. The van der Waals surface area contributed by atoms with Crippen molar-refractivity contribution in [2.24, 2.45) is 0 Å². The van der Waals surface area contributed by atoms with Gasteiger partial charge in [0.15, 0.2) is 0 Å². The molecule has 0 aromatic rings. The minimum absolute atomic E-state index is 0.119. The highest BCUT2D eigenvalue weighted by atomic mass is 16.4. The highest BCUT2D eigenvalue weighted by molar-refractivity contribution is 5.69. The Morgan fingerprint density at radius 3 is 2.27 bits per heavy atom. The molecule has 0 rings (SSSR count). The van der Waals surface area contributed by atoms with Crippen LogP contribution in [0.4, 0.5) is 0 Å². The van der Waals surface area contributed by atoms with E-state index < -0.39 is 11.9 Å². The quantitative estimate of drug-likeness (QED) is 0.334. The van der Waals surface area contributed by atoms with Crippen molar-refractivity contribution in [2.45, 2.75) is 0 Å². The van der Waals surface area contributed by atoms with E-state index in [1.807, 2.05) is 0 Å². The Morgan fingerprint density at radius 2 is 1.80 bits per heavy atom. The van der Waals surface area contributed by atoms with Gasteiger partial charge in [0.1, 0.15) is 0 Å². The number of nitrogens with one attached hydrogen (secondary N) is 1. The van der Waals surface area contributed by atoms with Crippen molar-refractivity contribution < 1.29 is 24.9 Å². The molecule has 0 atom stereocenters. The molecule has 0 saturated carbocycles. The Hall–Kier alpha value is -1.18. The minimum atomic E-state index is -0.971. The molecule has 0 aromatic carbocycles. The molecule has 88 valence electrons. The van der Waals surface area contributed by atoms with Crippen molar-refractivity contribution in [2.75, 3.05) is 39.3 Å². The van der Waals surface area contributed by atoms with E-state index in [9.17, 15) is 9.59 Å². The third kappa shape index (κ3) is 9.13. The number of aliphatic hydroxyl groups excluding tert-OH is 1. The van der Waals surface area contributed by atoms with Gasteiger partial charge in [0, 0.05) is 19.6 Å². The van der Waals surface area contributed by atoms with E-state index in [4.69, 9.17) is 15.3 Å². The summed E-state index contributed by atoms with van der Waals surface area (Å²) in [7, 11) is 0. The average molecular weight is 220 g/mol. The fraction of sp³-hybridized carbons (Fsp3) is 0.750. The maximum atomic E-state index is 10.4. The maximum Gasteiger partial charge on any atom is 0.317 e. The lowest BCUT2D eigenvalue weighted by atomic mass is 10.4. The largest absolute Gasteiger partial charge is 0.480 e. The number of hydrogen-bond donors (Lipinski definition) is 4. The molecule has 0 fully saturated rings. The van der Waals surface area contributed by atoms with Gasteiger partial charge in [-0.15, -0.1) is 0 Å². The van der Waals surface area contributed by atoms with Gasteiger partial charge in [0.25, 0.3) is 0 Å². The van der Waals surface area contributed by atoms with Crippen LogP contribution in [-0.4, -0.2) is 71.5 Å². The molecule has 0 aliphatic carbocycles. The van der Waals surface area contributed by atoms with Crippen LogP contribution >= 0.6 is 0 Å². The molecule has 0 spiro atoms. The van der Waals surface area contributed by atoms with Crippen LogP contribution in [0.1, 0.15) is 0 Å². The summed E-state index contributed by atoms with van der Waals surface area (Å²) in [6.07, 6.45) is 0. The van der Waals surface area contributed by atoms with Crippen LogP contribution in [0.5, 0.6) is 0 Å². The van der Waals surface area contributed by atoms with E-state index in [1.165, 1.54) is 4.90 Å². The van der Waals surface area contributed by atoms with Crippen molar-refractivity contribution in [1.29, 1.82) is 0 Å². The number of nitrogens with zero attached hydrogens (tertiary/aromatic N) is 1. The molecular formula is C8H16N2O5. The number of carboxylic acids is 2. The second kappa shape index (κ2) is 8.16. The summed E-state index contributed by atoms with van der Waals surface area (Å²) < 4.78 is 0. The Balaban J connectivity index is 3.65. The van der Waals surface area contributed by atoms with Gasteiger partial charge in [0.2, 0.25) is 0 Å². The number of aliphatic carboxylic acids is 2.